The van der Waals surface area contributed by atoms with Crippen LogP contribution in [-0.4, -0.2) is 9.97 Å². The number of aromatic nitrogens is 2. The van der Waals surface area contributed by atoms with Crippen LogP contribution in [0.3, 0.4) is 0 Å². The molecule has 0 saturated heterocycles. The van der Waals surface area contributed by atoms with Gasteiger partial charge in [-0.05, 0) is 13.0 Å². The highest BCUT2D eigenvalue weighted by Crippen LogP contribution is 1.94. The van der Waals surface area contributed by atoms with Gasteiger partial charge in [0.15, 0.2) is 11.6 Å². The summed E-state index contributed by atoms with van der Waals surface area (Å²) in [5.74, 6) is 0.122. The molecule has 3 heteroatoms. The number of allylic oxidation sites excluding steroid dienone is 1. The summed E-state index contributed by atoms with van der Waals surface area (Å²) in [6, 6.07) is 0. The lowest BCUT2D eigenvalue weighted by Gasteiger charge is -1.88. The van der Waals surface area contributed by atoms with E-state index in [-0.39, 0.29) is 0 Å². The lowest BCUT2D eigenvalue weighted by Crippen LogP contribution is -1.86. The standard InChI is InChI=1S/C7H7FN2/c1-2-3-7-9-4-6(8)5-10-7/h2-5H,1H3/b3-2-. The van der Waals surface area contributed by atoms with Crippen LogP contribution in [0.1, 0.15) is 12.7 Å². The van der Waals surface area contributed by atoms with Crippen molar-refractivity contribution in [1.29, 1.82) is 0 Å². The van der Waals surface area contributed by atoms with Crippen LogP contribution in [0.15, 0.2) is 18.5 Å². The van der Waals surface area contributed by atoms with Crippen LogP contribution < -0.4 is 0 Å². The van der Waals surface area contributed by atoms with Gasteiger partial charge in [-0.2, -0.15) is 0 Å². The van der Waals surface area contributed by atoms with Gasteiger partial charge in [0.2, 0.25) is 0 Å². The maximum Gasteiger partial charge on any atom is 0.159 e. The first-order valence-electron chi connectivity index (χ1n) is 2.93. The minimum absolute atomic E-state index is 0.409. The molecule has 0 aliphatic carbocycles. The van der Waals surface area contributed by atoms with Crippen molar-refractivity contribution in [3.63, 3.8) is 0 Å². The summed E-state index contributed by atoms with van der Waals surface area (Å²) in [6.07, 6.45) is 5.79. The van der Waals surface area contributed by atoms with Crippen LogP contribution in [0.2, 0.25) is 0 Å². The predicted octanol–water partition coefficient (Wildman–Crippen LogP) is 1.65. The molecule has 1 aromatic heterocycles. The van der Waals surface area contributed by atoms with Gasteiger partial charge in [-0.1, -0.05) is 6.08 Å². The Kier molecular flexibility index (Phi) is 2.10. The van der Waals surface area contributed by atoms with E-state index in [2.05, 4.69) is 9.97 Å². The molecule has 2 nitrogen and oxygen atoms in total. The Bertz CT molecular complexity index is 228. The highest BCUT2D eigenvalue weighted by Gasteiger charge is 1.89. The maximum absolute atomic E-state index is 12.2. The Balaban J connectivity index is 2.89. The first kappa shape index (κ1) is 6.86. The third kappa shape index (κ3) is 1.62. The fraction of sp³-hybridized carbons (Fsp3) is 0.143. The fourth-order valence-electron chi connectivity index (χ4n) is 0.557. The number of halogens is 1. The smallest absolute Gasteiger partial charge is 0.159 e. The van der Waals surface area contributed by atoms with E-state index in [1.807, 2.05) is 6.92 Å². The molecule has 0 N–H and O–H groups in total. The monoisotopic (exact) mass is 138 g/mol. The van der Waals surface area contributed by atoms with Gasteiger partial charge in [0, 0.05) is 0 Å². The van der Waals surface area contributed by atoms with Crippen LogP contribution in [0, 0.1) is 5.82 Å². The second-order valence-corrected chi connectivity index (χ2v) is 1.76. The molecule has 0 bridgehead atoms. The van der Waals surface area contributed by atoms with Crippen molar-refractivity contribution in [2.45, 2.75) is 6.92 Å². The van der Waals surface area contributed by atoms with E-state index in [4.69, 9.17) is 0 Å². The van der Waals surface area contributed by atoms with Crippen molar-refractivity contribution in [2.24, 2.45) is 0 Å². The minimum atomic E-state index is -0.409. The fourth-order valence-corrected chi connectivity index (χ4v) is 0.557. The molecule has 0 amide bonds. The van der Waals surface area contributed by atoms with Crippen molar-refractivity contribution in [2.75, 3.05) is 0 Å². The third-order valence-electron chi connectivity index (χ3n) is 0.956. The molecule has 0 spiro atoms. The Hall–Kier alpha value is -1.25. The predicted molar refractivity (Wildman–Crippen MR) is 36.7 cm³/mol. The second kappa shape index (κ2) is 3.06. The zero-order chi connectivity index (χ0) is 7.40. The lowest BCUT2D eigenvalue weighted by molar-refractivity contribution is 0.612. The van der Waals surface area contributed by atoms with E-state index >= 15 is 0 Å². The van der Waals surface area contributed by atoms with Gasteiger partial charge in [-0.25, -0.2) is 14.4 Å². The van der Waals surface area contributed by atoms with E-state index in [0.717, 1.165) is 12.4 Å². The Labute approximate surface area is 58.4 Å². The lowest BCUT2D eigenvalue weighted by atomic mass is 10.5. The van der Waals surface area contributed by atoms with Crippen molar-refractivity contribution in [3.05, 3.63) is 30.1 Å². The topological polar surface area (TPSA) is 25.8 Å². The first-order valence-corrected chi connectivity index (χ1v) is 2.93. The van der Waals surface area contributed by atoms with Crippen LogP contribution in [0.4, 0.5) is 4.39 Å². The van der Waals surface area contributed by atoms with E-state index in [0.29, 0.717) is 5.82 Å². The van der Waals surface area contributed by atoms with Crippen molar-refractivity contribution >= 4 is 6.08 Å². The average molecular weight is 138 g/mol. The normalized spacial score (nSPS) is 10.6. The Morgan fingerprint density at radius 3 is 2.50 bits per heavy atom. The molecule has 0 aromatic carbocycles. The van der Waals surface area contributed by atoms with Gasteiger partial charge in [-0.3, -0.25) is 0 Å². The molecule has 0 aliphatic heterocycles. The number of nitrogens with zero attached hydrogens (tertiary/aromatic N) is 2. The molecule has 0 unspecified atom stereocenters. The number of hydrogen-bond acceptors (Lipinski definition) is 2. The zero-order valence-corrected chi connectivity index (χ0v) is 5.58. The summed E-state index contributed by atoms with van der Waals surface area (Å²) >= 11 is 0. The van der Waals surface area contributed by atoms with Gasteiger partial charge in [0.05, 0.1) is 12.4 Å². The van der Waals surface area contributed by atoms with Gasteiger partial charge < -0.3 is 0 Å². The highest BCUT2D eigenvalue weighted by atomic mass is 19.1. The Morgan fingerprint density at radius 1 is 1.40 bits per heavy atom. The summed E-state index contributed by atoms with van der Waals surface area (Å²) in [7, 11) is 0. The van der Waals surface area contributed by atoms with Gasteiger partial charge in [0.25, 0.3) is 0 Å². The maximum atomic E-state index is 12.2. The summed E-state index contributed by atoms with van der Waals surface area (Å²) in [4.78, 5) is 7.39. The molecule has 0 saturated carbocycles. The van der Waals surface area contributed by atoms with Gasteiger partial charge in [-0.15, -0.1) is 0 Å². The first-order chi connectivity index (χ1) is 4.83. The average Bonchev–Trinajstić information content (AvgIpc) is 1.95. The molecule has 0 aliphatic rings. The quantitative estimate of drug-likeness (QED) is 0.589. The molecule has 0 radical (unpaired) electrons. The molecule has 1 heterocycles. The van der Waals surface area contributed by atoms with Crippen LogP contribution in [0.25, 0.3) is 6.08 Å². The van der Waals surface area contributed by atoms with Crippen LogP contribution in [-0.2, 0) is 0 Å². The van der Waals surface area contributed by atoms with E-state index in [9.17, 15) is 4.39 Å². The minimum Gasteiger partial charge on any atom is -0.234 e. The number of hydrogen-bond donors (Lipinski definition) is 0. The molecule has 0 fully saturated rings. The third-order valence-corrected chi connectivity index (χ3v) is 0.956. The summed E-state index contributed by atoms with van der Waals surface area (Å²) in [5, 5.41) is 0. The molecular weight excluding hydrogens is 131 g/mol. The molecular formula is C7H7FN2. The molecule has 1 rings (SSSR count). The summed E-state index contributed by atoms with van der Waals surface area (Å²) < 4.78 is 12.2. The summed E-state index contributed by atoms with van der Waals surface area (Å²) in [5.41, 5.74) is 0. The van der Waals surface area contributed by atoms with Crippen LogP contribution in [0.5, 0.6) is 0 Å². The van der Waals surface area contributed by atoms with E-state index < -0.39 is 5.82 Å². The highest BCUT2D eigenvalue weighted by molar-refractivity contribution is 5.37. The van der Waals surface area contributed by atoms with E-state index in [1.54, 1.807) is 12.2 Å². The SMILES string of the molecule is C/C=C\c1ncc(F)cn1. The Morgan fingerprint density at radius 2 is 2.00 bits per heavy atom. The zero-order valence-electron chi connectivity index (χ0n) is 5.58. The van der Waals surface area contributed by atoms with Gasteiger partial charge >= 0.3 is 0 Å². The van der Waals surface area contributed by atoms with E-state index in [1.165, 1.54) is 0 Å². The second-order valence-electron chi connectivity index (χ2n) is 1.76. The number of rotatable bonds is 1. The van der Waals surface area contributed by atoms with Crippen molar-refractivity contribution in [3.8, 4) is 0 Å². The largest absolute Gasteiger partial charge is 0.234 e. The van der Waals surface area contributed by atoms with Crippen LogP contribution >= 0.6 is 0 Å². The molecule has 1 aromatic rings. The van der Waals surface area contributed by atoms with Crippen molar-refractivity contribution in [1.82, 2.24) is 9.97 Å². The summed E-state index contributed by atoms with van der Waals surface area (Å²) in [6.45, 7) is 1.85. The van der Waals surface area contributed by atoms with Crippen molar-refractivity contribution < 1.29 is 4.39 Å². The molecule has 0 atom stereocenters. The van der Waals surface area contributed by atoms with Gasteiger partial charge in [0.1, 0.15) is 0 Å². The molecule has 52 valence electrons. The molecule has 10 heavy (non-hydrogen) atoms.